The fourth-order valence-corrected chi connectivity index (χ4v) is 4.19. The number of likely N-dealkylation sites (tertiary alicyclic amines) is 2. The van der Waals surface area contributed by atoms with Crippen molar-refractivity contribution in [3.05, 3.63) is 30.3 Å². The maximum atomic E-state index is 12.9. The lowest BCUT2D eigenvalue weighted by Gasteiger charge is -2.39. The number of para-hydroxylation sites is 1. The van der Waals surface area contributed by atoms with E-state index < -0.39 is 0 Å². The van der Waals surface area contributed by atoms with Crippen LogP contribution in [0, 0.1) is 17.8 Å². The Kier molecular flexibility index (Phi) is 5.61. The molecule has 2 saturated heterocycles. The molecule has 2 aliphatic rings. The van der Waals surface area contributed by atoms with E-state index >= 15 is 0 Å². The van der Waals surface area contributed by atoms with Gasteiger partial charge < -0.3 is 15.1 Å². The van der Waals surface area contributed by atoms with Crippen molar-refractivity contribution in [3.63, 3.8) is 0 Å². The van der Waals surface area contributed by atoms with Gasteiger partial charge in [-0.1, -0.05) is 32.0 Å². The van der Waals surface area contributed by atoms with Crippen LogP contribution in [0.1, 0.15) is 33.1 Å². The number of benzene rings is 1. The molecule has 0 aromatic heterocycles. The van der Waals surface area contributed by atoms with E-state index in [4.69, 9.17) is 0 Å². The van der Waals surface area contributed by atoms with Crippen molar-refractivity contribution >= 4 is 17.6 Å². The lowest BCUT2D eigenvalue weighted by molar-refractivity contribution is -0.139. The predicted molar refractivity (Wildman–Crippen MR) is 99.3 cm³/mol. The Morgan fingerprint density at radius 2 is 1.68 bits per heavy atom. The van der Waals surface area contributed by atoms with Gasteiger partial charge in [-0.15, -0.1) is 0 Å². The average molecular weight is 343 g/mol. The first kappa shape index (κ1) is 17.8. The summed E-state index contributed by atoms with van der Waals surface area (Å²) in [5.41, 5.74) is 0.791. The summed E-state index contributed by atoms with van der Waals surface area (Å²) in [6.45, 7) is 7.39. The van der Waals surface area contributed by atoms with Crippen LogP contribution in [0.15, 0.2) is 30.3 Å². The molecule has 3 atom stereocenters. The third kappa shape index (κ3) is 4.53. The van der Waals surface area contributed by atoms with E-state index in [9.17, 15) is 9.59 Å². The topological polar surface area (TPSA) is 52.7 Å². The van der Waals surface area contributed by atoms with Crippen LogP contribution in [-0.2, 0) is 4.79 Å². The molecule has 3 rings (SSSR count). The number of anilines is 1. The summed E-state index contributed by atoms with van der Waals surface area (Å²) in [6.07, 6.45) is 2.96. The number of nitrogens with one attached hydrogen (secondary N) is 1. The molecule has 0 saturated carbocycles. The van der Waals surface area contributed by atoms with Crippen molar-refractivity contribution < 1.29 is 9.59 Å². The van der Waals surface area contributed by atoms with Gasteiger partial charge in [0.15, 0.2) is 0 Å². The minimum Gasteiger partial charge on any atom is -0.342 e. The minimum absolute atomic E-state index is 0.0622. The summed E-state index contributed by atoms with van der Waals surface area (Å²) in [6, 6.07) is 9.37. The smallest absolute Gasteiger partial charge is 0.321 e. The number of hydrogen-bond donors (Lipinski definition) is 1. The Bertz CT molecular complexity index is 594. The highest BCUT2D eigenvalue weighted by Gasteiger charge is 2.34. The summed E-state index contributed by atoms with van der Waals surface area (Å²) in [7, 11) is 0. The van der Waals surface area contributed by atoms with Gasteiger partial charge in [0.1, 0.15) is 0 Å². The normalized spacial score (nSPS) is 27.0. The number of nitrogens with zero attached hydrogens (tertiary/aromatic N) is 2. The van der Waals surface area contributed by atoms with Crippen LogP contribution >= 0.6 is 0 Å². The molecule has 1 N–H and O–H groups in total. The van der Waals surface area contributed by atoms with Gasteiger partial charge in [0.2, 0.25) is 5.91 Å². The van der Waals surface area contributed by atoms with Crippen molar-refractivity contribution in [2.45, 2.75) is 33.1 Å². The van der Waals surface area contributed by atoms with Gasteiger partial charge in [-0.2, -0.15) is 0 Å². The maximum absolute atomic E-state index is 12.9. The van der Waals surface area contributed by atoms with Gasteiger partial charge in [0, 0.05) is 31.9 Å². The molecular weight excluding hydrogens is 314 g/mol. The predicted octanol–water partition coefficient (Wildman–Crippen LogP) is 3.44. The van der Waals surface area contributed by atoms with E-state index in [0.29, 0.717) is 18.4 Å². The third-order valence-corrected chi connectivity index (χ3v) is 5.26. The molecule has 2 fully saturated rings. The van der Waals surface area contributed by atoms with Crippen LogP contribution in [0.5, 0.6) is 0 Å². The van der Waals surface area contributed by atoms with Crippen molar-refractivity contribution in [1.29, 1.82) is 0 Å². The van der Waals surface area contributed by atoms with E-state index in [-0.39, 0.29) is 17.9 Å². The van der Waals surface area contributed by atoms with Crippen molar-refractivity contribution in [2.24, 2.45) is 17.8 Å². The first-order chi connectivity index (χ1) is 12.0. The monoisotopic (exact) mass is 343 g/mol. The molecule has 1 aromatic carbocycles. The van der Waals surface area contributed by atoms with Crippen LogP contribution in [-0.4, -0.2) is 47.9 Å². The molecule has 5 heteroatoms. The highest BCUT2D eigenvalue weighted by atomic mass is 16.2. The van der Waals surface area contributed by atoms with Gasteiger partial charge in [-0.05, 0) is 43.2 Å². The molecule has 0 spiro atoms. The molecule has 0 aliphatic carbocycles. The van der Waals surface area contributed by atoms with Gasteiger partial charge in [-0.25, -0.2) is 4.79 Å². The highest BCUT2D eigenvalue weighted by molar-refractivity contribution is 5.90. The van der Waals surface area contributed by atoms with E-state index in [1.165, 1.54) is 6.42 Å². The number of carbonyl (C=O) groups is 2. The second-order valence-corrected chi connectivity index (χ2v) is 7.77. The number of amides is 3. The zero-order chi connectivity index (χ0) is 17.8. The van der Waals surface area contributed by atoms with Crippen molar-refractivity contribution in [3.8, 4) is 0 Å². The molecule has 2 aliphatic heterocycles. The molecule has 0 radical (unpaired) electrons. The van der Waals surface area contributed by atoms with Crippen LogP contribution in [0.25, 0.3) is 0 Å². The van der Waals surface area contributed by atoms with E-state index in [1.54, 1.807) is 4.90 Å². The zero-order valence-corrected chi connectivity index (χ0v) is 15.3. The number of carbonyl (C=O) groups excluding carboxylic acids is 2. The summed E-state index contributed by atoms with van der Waals surface area (Å²) >= 11 is 0. The number of urea groups is 1. The summed E-state index contributed by atoms with van der Waals surface area (Å²) < 4.78 is 0. The molecule has 2 heterocycles. The van der Waals surface area contributed by atoms with Gasteiger partial charge in [0.05, 0.1) is 5.92 Å². The Morgan fingerprint density at radius 1 is 1.00 bits per heavy atom. The Morgan fingerprint density at radius 3 is 2.36 bits per heavy atom. The van der Waals surface area contributed by atoms with E-state index in [0.717, 1.165) is 38.2 Å². The summed E-state index contributed by atoms with van der Waals surface area (Å²) in [5.74, 6) is 1.30. The van der Waals surface area contributed by atoms with Crippen LogP contribution in [0.3, 0.4) is 0 Å². The van der Waals surface area contributed by atoms with Gasteiger partial charge in [-0.3, -0.25) is 4.79 Å². The quantitative estimate of drug-likeness (QED) is 0.894. The number of hydrogen-bond acceptors (Lipinski definition) is 2. The summed E-state index contributed by atoms with van der Waals surface area (Å²) in [4.78, 5) is 29.3. The maximum Gasteiger partial charge on any atom is 0.321 e. The molecule has 3 unspecified atom stereocenters. The highest BCUT2D eigenvalue weighted by Crippen LogP contribution is 2.25. The molecule has 25 heavy (non-hydrogen) atoms. The fourth-order valence-electron chi connectivity index (χ4n) is 4.19. The Labute approximate surface area is 150 Å². The zero-order valence-electron chi connectivity index (χ0n) is 15.3. The van der Waals surface area contributed by atoms with Crippen LogP contribution < -0.4 is 5.32 Å². The average Bonchev–Trinajstić information content (AvgIpc) is 2.61. The lowest BCUT2D eigenvalue weighted by atomic mass is 9.89. The van der Waals surface area contributed by atoms with Crippen molar-refractivity contribution in [2.75, 3.05) is 31.5 Å². The standard InChI is InChI=1S/C20H29N3O2/c1-15-11-16(2)13-23(12-15)19(24)17-7-6-10-22(14-17)20(25)21-18-8-4-3-5-9-18/h3-5,8-9,15-17H,6-7,10-14H2,1-2H3,(H,21,25). The number of piperidine rings is 2. The summed E-state index contributed by atoms with van der Waals surface area (Å²) in [5, 5.41) is 2.93. The van der Waals surface area contributed by atoms with Crippen LogP contribution in [0.4, 0.5) is 10.5 Å². The van der Waals surface area contributed by atoms with Gasteiger partial charge >= 0.3 is 6.03 Å². The molecule has 136 valence electrons. The fraction of sp³-hybridized carbons (Fsp3) is 0.600. The third-order valence-electron chi connectivity index (χ3n) is 5.26. The minimum atomic E-state index is -0.107. The Hall–Kier alpha value is -2.04. The molecular formula is C20H29N3O2. The van der Waals surface area contributed by atoms with E-state index in [2.05, 4.69) is 19.2 Å². The molecule has 0 bridgehead atoms. The van der Waals surface area contributed by atoms with Crippen molar-refractivity contribution in [1.82, 2.24) is 9.80 Å². The van der Waals surface area contributed by atoms with Gasteiger partial charge in [0.25, 0.3) is 0 Å². The van der Waals surface area contributed by atoms with E-state index in [1.807, 2.05) is 35.2 Å². The molecule has 5 nitrogen and oxygen atoms in total. The largest absolute Gasteiger partial charge is 0.342 e. The lowest BCUT2D eigenvalue weighted by Crippen LogP contribution is -2.50. The SMILES string of the molecule is CC1CC(C)CN(C(=O)C2CCCN(C(=O)Nc3ccccc3)C2)C1. The van der Waals surface area contributed by atoms with Crippen LogP contribution in [0.2, 0.25) is 0 Å². The molecule has 3 amide bonds. The first-order valence-corrected chi connectivity index (χ1v) is 9.42. The molecule has 1 aromatic rings. The first-order valence-electron chi connectivity index (χ1n) is 9.42. The second kappa shape index (κ2) is 7.89. The Balaban J connectivity index is 1.58. The number of rotatable bonds is 2. The second-order valence-electron chi connectivity index (χ2n) is 7.77.